The van der Waals surface area contributed by atoms with Crippen LogP contribution in [0.2, 0.25) is 0 Å². The van der Waals surface area contributed by atoms with Crippen molar-refractivity contribution in [2.45, 2.75) is 19.4 Å². The van der Waals surface area contributed by atoms with Crippen molar-refractivity contribution in [3.05, 3.63) is 27.6 Å². The minimum absolute atomic E-state index is 0.0226. The molecule has 3 heterocycles. The average Bonchev–Trinajstić information content (AvgIpc) is 3.04. The fraction of sp³-hybridized carbons (Fsp3) is 0.600. The van der Waals surface area contributed by atoms with Crippen molar-refractivity contribution in [3.8, 4) is 0 Å². The number of piperidine rings is 1. The lowest BCUT2D eigenvalue weighted by atomic mass is 10.0. The predicted octanol–water partition coefficient (Wildman–Crippen LogP) is 1.02. The summed E-state index contributed by atoms with van der Waals surface area (Å²) in [4.78, 5) is 19.1. The molecule has 0 amide bonds. The van der Waals surface area contributed by atoms with E-state index < -0.39 is 10.2 Å². The van der Waals surface area contributed by atoms with Crippen LogP contribution in [0.25, 0.3) is 10.2 Å². The maximum atomic E-state index is 12.8. The van der Waals surface area contributed by atoms with Gasteiger partial charge in [-0.05, 0) is 30.2 Å². The molecule has 0 spiro atoms. The first kappa shape index (κ1) is 18.5. The number of ether oxygens (including phenoxy) is 1. The van der Waals surface area contributed by atoms with Gasteiger partial charge in [-0.1, -0.05) is 0 Å². The van der Waals surface area contributed by atoms with Crippen molar-refractivity contribution < 1.29 is 13.2 Å². The Kier molecular flexibility index (Phi) is 5.54. The van der Waals surface area contributed by atoms with Crippen molar-refractivity contribution >= 4 is 31.8 Å². The van der Waals surface area contributed by atoms with Gasteiger partial charge in [0, 0.05) is 27.2 Å². The zero-order valence-corrected chi connectivity index (χ0v) is 15.9. The highest BCUT2D eigenvalue weighted by Gasteiger charge is 2.32. The van der Waals surface area contributed by atoms with E-state index in [0.29, 0.717) is 35.7 Å². The Balaban J connectivity index is 1.76. The topological polar surface area (TPSA) is 95.6 Å². The number of thiophene rings is 1. The summed E-state index contributed by atoms with van der Waals surface area (Å²) in [6.45, 7) is 1.53. The quantitative estimate of drug-likeness (QED) is 0.800. The van der Waals surface area contributed by atoms with E-state index in [4.69, 9.17) is 4.74 Å². The van der Waals surface area contributed by atoms with E-state index in [1.165, 1.54) is 27.0 Å². The molecule has 0 radical (unpaired) electrons. The highest BCUT2D eigenvalue weighted by atomic mass is 32.2. The van der Waals surface area contributed by atoms with E-state index in [9.17, 15) is 13.2 Å². The van der Waals surface area contributed by atoms with Crippen LogP contribution >= 0.6 is 11.3 Å². The molecule has 0 saturated carbocycles. The molecule has 1 N–H and O–H groups in total. The predicted molar refractivity (Wildman–Crippen MR) is 96.8 cm³/mol. The molecule has 1 unspecified atom stereocenters. The maximum Gasteiger partial charge on any atom is 0.282 e. The van der Waals surface area contributed by atoms with Crippen LogP contribution < -0.4 is 5.56 Å². The third-order valence-corrected chi connectivity index (χ3v) is 7.14. The number of nitrogens with zero attached hydrogens (tertiary/aromatic N) is 3. The summed E-state index contributed by atoms with van der Waals surface area (Å²) in [6, 6.07) is 1.76. The minimum Gasteiger partial charge on any atom is -0.384 e. The molecule has 1 fully saturated rings. The van der Waals surface area contributed by atoms with Gasteiger partial charge in [0.05, 0.1) is 18.7 Å². The Hall–Kier alpha value is -1.33. The highest BCUT2D eigenvalue weighted by molar-refractivity contribution is 7.86. The van der Waals surface area contributed by atoms with Crippen LogP contribution in [-0.2, 0) is 21.5 Å². The number of hydrogen-bond donors (Lipinski definition) is 1. The first-order chi connectivity index (χ1) is 11.9. The van der Waals surface area contributed by atoms with E-state index in [1.807, 2.05) is 0 Å². The lowest BCUT2D eigenvalue weighted by molar-refractivity contribution is 0.116. The summed E-state index contributed by atoms with van der Waals surface area (Å²) in [6.07, 6.45) is 1.78. The van der Waals surface area contributed by atoms with Crippen LogP contribution in [0.4, 0.5) is 0 Å². The molecule has 3 rings (SSSR count). The van der Waals surface area contributed by atoms with Crippen LogP contribution in [0.1, 0.15) is 18.7 Å². The standard InChI is InChI=1S/C15H22N4O4S2/c1-18(9-13-16-12-5-7-24-14(12)15(20)17-13)25(21,22)19-6-3-4-11(8-19)10-23-2/h5,7,11H,3-4,6,8-10H2,1-2H3,(H,16,17,20). The molecule has 10 heteroatoms. The first-order valence-electron chi connectivity index (χ1n) is 8.08. The van der Waals surface area contributed by atoms with Gasteiger partial charge in [-0.3, -0.25) is 4.79 Å². The van der Waals surface area contributed by atoms with Gasteiger partial charge in [0.2, 0.25) is 0 Å². The summed E-state index contributed by atoms with van der Waals surface area (Å²) >= 11 is 1.32. The summed E-state index contributed by atoms with van der Waals surface area (Å²) in [7, 11) is -0.478. The zero-order valence-electron chi connectivity index (χ0n) is 14.3. The van der Waals surface area contributed by atoms with Crippen LogP contribution in [0.5, 0.6) is 0 Å². The summed E-state index contributed by atoms with van der Waals surface area (Å²) in [5.41, 5.74) is 0.353. The lowest BCUT2D eigenvalue weighted by Gasteiger charge is -2.34. The number of methoxy groups -OCH3 is 1. The molecule has 0 aromatic carbocycles. The summed E-state index contributed by atoms with van der Waals surface area (Å²) in [5.74, 6) is 0.550. The second-order valence-corrected chi connectivity index (χ2v) is 9.18. The Morgan fingerprint density at radius 1 is 1.52 bits per heavy atom. The van der Waals surface area contributed by atoms with Gasteiger partial charge >= 0.3 is 0 Å². The van der Waals surface area contributed by atoms with E-state index >= 15 is 0 Å². The third-order valence-electron chi connectivity index (χ3n) is 4.34. The molecule has 2 aromatic rings. The first-order valence-corrected chi connectivity index (χ1v) is 10.4. The second kappa shape index (κ2) is 7.50. The normalized spacial score (nSPS) is 19.7. The molecule has 1 aliphatic heterocycles. The third kappa shape index (κ3) is 3.93. The number of rotatable bonds is 6. The molecular formula is C15H22N4O4S2. The molecule has 0 aliphatic carbocycles. The molecule has 2 aromatic heterocycles. The number of aromatic amines is 1. The van der Waals surface area contributed by atoms with Crippen molar-refractivity contribution in [1.29, 1.82) is 0 Å². The average molecular weight is 386 g/mol. The smallest absolute Gasteiger partial charge is 0.282 e. The molecule has 1 saturated heterocycles. The van der Waals surface area contributed by atoms with Gasteiger partial charge in [-0.15, -0.1) is 11.3 Å². The molecule has 25 heavy (non-hydrogen) atoms. The molecule has 0 bridgehead atoms. The Labute approximate surface area is 150 Å². The molecular weight excluding hydrogens is 364 g/mol. The van der Waals surface area contributed by atoms with E-state index in [2.05, 4.69) is 9.97 Å². The molecule has 1 atom stereocenters. The fourth-order valence-electron chi connectivity index (χ4n) is 3.09. The Morgan fingerprint density at radius 2 is 2.32 bits per heavy atom. The SMILES string of the molecule is COCC1CCCN(S(=O)(=O)N(C)Cc2nc3ccsc3c(=O)[nH]2)C1. The van der Waals surface area contributed by atoms with Crippen molar-refractivity contribution in [2.24, 2.45) is 5.92 Å². The van der Waals surface area contributed by atoms with Gasteiger partial charge in [-0.25, -0.2) is 4.98 Å². The molecule has 1 aliphatic rings. The molecule has 8 nitrogen and oxygen atoms in total. The van der Waals surface area contributed by atoms with E-state index in [0.717, 1.165) is 12.8 Å². The minimum atomic E-state index is -3.61. The van der Waals surface area contributed by atoms with Gasteiger partial charge in [0.25, 0.3) is 15.8 Å². The second-order valence-electron chi connectivity index (χ2n) is 6.23. The maximum absolute atomic E-state index is 12.8. The number of H-pyrrole nitrogens is 1. The van der Waals surface area contributed by atoms with Crippen molar-refractivity contribution in [2.75, 3.05) is 33.9 Å². The zero-order chi connectivity index (χ0) is 18.0. The van der Waals surface area contributed by atoms with Crippen LogP contribution in [0, 0.1) is 5.92 Å². The number of aromatic nitrogens is 2. The van der Waals surface area contributed by atoms with Gasteiger partial charge in [0.15, 0.2) is 0 Å². The van der Waals surface area contributed by atoms with Gasteiger partial charge in [-0.2, -0.15) is 17.0 Å². The number of nitrogens with one attached hydrogen (secondary N) is 1. The van der Waals surface area contributed by atoms with Crippen LogP contribution in [0.3, 0.4) is 0 Å². The Bertz CT molecular complexity index is 890. The van der Waals surface area contributed by atoms with Crippen LogP contribution in [0.15, 0.2) is 16.2 Å². The van der Waals surface area contributed by atoms with Gasteiger partial charge < -0.3 is 9.72 Å². The fourth-order valence-corrected chi connectivity index (χ4v) is 5.26. The largest absolute Gasteiger partial charge is 0.384 e. The van der Waals surface area contributed by atoms with E-state index in [-0.39, 0.29) is 18.0 Å². The Morgan fingerprint density at radius 3 is 3.08 bits per heavy atom. The van der Waals surface area contributed by atoms with E-state index in [1.54, 1.807) is 18.6 Å². The van der Waals surface area contributed by atoms with Gasteiger partial charge in [0.1, 0.15) is 10.5 Å². The summed E-state index contributed by atoms with van der Waals surface area (Å²) in [5, 5.41) is 1.79. The number of hydrogen-bond acceptors (Lipinski definition) is 6. The van der Waals surface area contributed by atoms with Crippen LogP contribution in [-0.4, -0.2) is 60.9 Å². The summed E-state index contributed by atoms with van der Waals surface area (Å²) < 4.78 is 34.1. The highest BCUT2D eigenvalue weighted by Crippen LogP contribution is 2.21. The monoisotopic (exact) mass is 386 g/mol. The lowest BCUT2D eigenvalue weighted by Crippen LogP contribution is -2.47. The van der Waals surface area contributed by atoms with Crippen molar-refractivity contribution in [1.82, 2.24) is 18.6 Å². The van der Waals surface area contributed by atoms with Crippen molar-refractivity contribution in [3.63, 3.8) is 0 Å². The number of fused-ring (bicyclic) bond motifs is 1. The molecule has 138 valence electrons.